The standard InChI is InChI=1S/C14H21NO4S/c1-4-9-20(18,19)13-8-6-5-7-12(13)15-11(3)10(2)14(16)17/h5-8,10-11,15H,4,9H2,1-3H3,(H,16,17). The van der Waals surface area contributed by atoms with Gasteiger partial charge in [0.05, 0.1) is 22.3 Å². The van der Waals surface area contributed by atoms with Gasteiger partial charge < -0.3 is 10.4 Å². The molecule has 0 radical (unpaired) electrons. The molecule has 6 heteroatoms. The summed E-state index contributed by atoms with van der Waals surface area (Å²) in [5, 5.41) is 12.0. The summed E-state index contributed by atoms with van der Waals surface area (Å²) in [6.45, 7) is 5.12. The fraction of sp³-hybridized carbons (Fsp3) is 0.500. The molecule has 1 aromatic carbocycles. The zero-order chi connectivity index (χ0) is 15.3. The minimum absolute atomic E-state index is 0.0779. The van der Waals surface area contributed by atoms with Gasteiger partial charge in [0.15, 0.2) is 9.84 Å². The molecular weight excluding hydrogens is 278 g/mol. The highest BCUT2D eigenvalue weighted by Gasteiger charge is 2.22. The molecular formula is C14H21NO4S. The first-order valence-electron chi connectivity index (χ1n) is 6.60. The Hall–Kier alpha value is -1.56. The van der Waals surface area contributed by atoms with Gasteiger partial charge in [0.2, 0.25) is 0 Å². The molecule has 0 bridgehead atoms. The van der Waals surface area contributed by atoms with Crippen LogP contribution in [0, 0.1) is 5.92 Å². The van der Waals surface area contributed by atoms with Crippen molar-refractivity contribution < 1.29 is 18.3 Å². The lowest BCUT2D eigenvalue weighted by Crippen LogP contribution is -2.30. The first-order valence-corrected chi connectivity index (χ1v) is 8.26. The molecule has 2 N–H and O–H groups in total. The Morgan fingerprint density at radius 1 is 1.30 bits per heavy atom. The fourth-order valence-electron chi connectivity index (χ4n) is 1.82. The summed E-state index contributed by atoms with van der Waals surface area (Å²) in [4.78, 5) is 11.2. The Bertz CT molecular complexity index is 568. The minimum Gasteiger partial charge on any atom is -0.481 e. The van der Waals surface area contributed by atoms with Crippen LogP contribution in [0.4, 0.5) is 5.69 Å². The Balaban J connectivity index is 3.06. The number of hydrogen-bond acceptors (Lipinski definition) is 4. The molecule has 0 spiro atoms. The van der Waals surface area contributed by atoms with Gasteiger partial charge in [-0.05, 0) is 32.4 Å². The molecule has 0 saturated carbocycles. The number of benzene rings is 1. The lowest BCUT2D eigenvalue weighted by molar-refractivity contribution is -0.141. The van der Waals surface area contributed by atoms with E-state index in [2.05, 4.69) is 5.32 Å². The van der Waals surface area contributed by atoms with E-state index in [0.717, 1.165) is 0 Å². The van der Waals surface area contributed by atoms with Crippen molar-refractivity contribution in [1.82, 2.24) is 0 Å². The molecule has 0 saturated heterocycles. The van der Waals surface area contributed by atoms with E-state index in [1.165, 1.54) is 0 Å². The van der Waals surface area contributed by atoms with E-state index < -0.39 is 21.7 Å². The number of rotatable bonds is 7. The van der Waals surface area contributed by atoms with Gasteiger partial charge >= 0.3 is 5.97 Å². The number of carbonyl (C=O) groups is 1. The second-order valence-corrected chi connectivity index (χ2v) is 6.95. The topological polar surface area (TPSA) is 83.5 Å². The van der Waals surface area contributed by atoms with Crippen molar-refractivity contribution in [2.45, 2.75) is 38.1 Å². The van der Waals surface area contributed by atoms with E-state index in [9.17, 15) is 13.2 Å². The number of hydrogen-bond donors (Lipinski definition) is 2. The molecule has 1 aromatic rings. The van der Waals surface area contributed by atoms with Gasteiger partial charge in [-0.1, -0.05) is 19.1 Å². The maximum atomic E-state index is 12.2. The molecule has 5 nitrogen and oxygen atoms in total. The number of nitrogens with one attached hydrogen (secondary N) is 1. The summed E-state index contributed by atoms with van der Waals surface area (Å²) < 4.78 is 24.4. The van der Waals surface area contributed by atoms with Crippen LogP contribution in [0.15, 0.2) is 29.2 Å². The van der Waals surface area contributed by atoms with Gasteiger partial charge in [-0.15, -0.1) is 0 Å². The van der Waals surface area contributed by atoms with Gasteiger partial charge in [-0.3, -0.25) is 4.79 Å². The number of aliphatic carboxylic acids is 1. The third kappa shape index (κ3) is 3.96. The third-order valence-corrected chi connectivity index (χ3v) is 5.19. The van der Waals surface area contributed by atoms with E-state index in [-0.39, 0.29) is 16.7 Å². The van der Waals surface area contributed by atoms with E-state index in [0.29, 0.717) is 12.1 Å². The highest BCUT2D eigenvalue weighted by Crippen LogP contribution is 2.24. The van der Waals surface area contributed by atoms with Crippen molar-refractivity contribution in [3.8, 4) is 0 Å². The lowest BCUT2D eigenvalue weighted by Gasteiger charge is -2.21. The predicted octanol–water partition coefficient (Wildman–Crippen LogP) is 2.39. The highest BCUT2D eigenvalue weighted by atomic mass is 32.2. The lowest BCUT2D eigenvalue weighted by atomic mass is 10.0. The average Bonchev–Trinajstić information content (AvgIpc) is 2.38. The number of anilines is 1. The molecule has 0 amide bonds. The summed E-state index contributed by atoms with van der Waals surface area (Å²) in [5.41, 5.74) is 0.460. The van der Waals surface area contributed by atoms with Crippen LogP contribution in [-0.4, -0.2) is 31.3 Å². The van der Waals surface area contributed by atoms with E-state index in [4.69, 9.17) is 5.11 Å². The quantitative estimate of drug-likeness (QED) is 0.807. The predicted molar refractivity (Wildman–Crippen MR) is 78.7 cm³/mol. The molecule has 0 aliphatic heterocycles. The van der Waals surface area contributed by atoms with Gasteiger partial charge in [0.1, 0.15) is 0 Å². The van der Waals surface area contributed by atoms with Crippen molar-refractivity contribution in [2.24, 2.45) is 5.92 Å². The Morgan fingerprint density at radius 3 is 2.45 bits per heavy atom. The van der Waals surface area contributed by atoms with Crippen molar-refractivity contribution in [3.63, 3.8) is 0 Å². The molecule has 0 aromatic heterocycles. The van der Waals surface area contributed by atoms with Crippen molar-refractivity contribution in [1.29, 1.82) is 0 Å². The minimum atomic E-state index is -3.34. The van der Waals surface area contributed by atoms with E-state index in [1.807, 2.05) is 6.92 Å². The summed E-state index contributed by atoms with van der Waals surface area (Å²) in [6.07, 6.45) is 0.539. The zero-order valence-corrected chi connectivity index (χ0v) is 12.8. The second kappa shape index (κ2) is 6.74. The first kappa shape index (κ1) is 16.5. The van der Waals surface area contributed by atoms with Crippen LogP contribution in [0.3, 0.4) is 0 Å². The Morgan fingerprint density at radius 2 is 1.90 bits per heavy atom. The van der Waals surface area contributed by atoms with E-state index >= 15 is 0 Å². The molecule has 2 unspecified atom stereocenters. The SMILES string of the molecule is CCCS(=O)(=O)c1ccccc1NC(C)C(C)C(=O)O. The molecule has 1 rings (SSSR count). The molecule has 0 heterocycles. The largest absolute Gasteiger partial charge is 0.481 e. The van der Waals surface area contributed by atoms with Crippen LogP contribution in [0.2, 0.25) is 0 Å². The van der Waals surface area contributed by atoms with Crippen molar-refractivity contribution in [3.05, 3.63) is 24.3 Å². The van der Waals surface area contributed by atoms with Crippen molar-refractivity contribution >= 4 is 21.5 Å². The summed E-state index contributed by atoms with van der Waals surface area (Å²) in [6, 6.07) is 6.23. The Labute approximate surface area is 119 Å². The molecule has 20 heavy (non-hydrogen) atoms. The first-order chi connectivity index (χ1) is 9.29. The fourth-order valence-corrected chi connectivity index (χ4v) is 3.33. The van der Waals surface area contributed by atoms with Gasteiger partial charge in [-0.25, -0.2) is 8.42 Å². The average molecular weight is 299 g/mol. The smallest absolute Gasteiger partial charge is 0.308 e. The Kier molecular flexibility index (Phi) is 5.56. The molecule has 0 fully saturated rings. The van der Waals surface area contributed by atoms with Gasteiger partial charge in [0.25, 0.3) is 0 Å². The van der Waals surface area contributed by atoms with Crippen LogP contribution in [0.5, 0.6) is 0 Å². The number of carboxylic acids is 1. The summed E-state index contributed by atoms with van der Waals surface area (Å²) in [5.74, 6) is -1.45. The van der Waals surface area contributed by atoms with Crippen LogP contribution in [0.25, 0.3) is 0 Å². The summed E-state index contributed by atoms with van der Waals surface area (Å²) in [7, 11) is -3.34. The number of sulfone groups is 1. The van der Waals surface area contributed by atoms with Crippen LogP contribution >= 0.6 is 0 Å². The van der Waals surface area contributed by atoms with Crippen LogP contribution in [-0.2, 0) is 14.6 Å². The van der Waals surface area contributed by atoms with Crippen molar-refractivity contribution in [2.75, 3.05) is 11.1 Å². The molecule has 0 aliphatic rings. The molecule has 2 atom stereocenters. The number of carboxylic acid groups (broad SMARTS) is 1. The second-order valence-electron chi connectivity index (χ2n) is 4.87. The van der Waals surface area contributed by atoms with Gasteiger partial charge in [0, 0.05) is 6.04 Å². The maximum absolute atomic E-state index is 12.2. The normalized spacial score (nSPS) is 14.6. The highest BCUT2D eigenvalue weighted by molar-refractivity contribution is 7.91. The van der Waals surface area contributed by atoms with E-state index in [1.54, 1.807) is 38.1 Å². The molecule has 0 aliphatic carbocycles. The van der Waals surface area contributed by atoms with Crippen LogP contribution < -0.4 is 5.32 Å². The van der Waals surface area contributed by atoms with Gasteiger partial charge in [-0.2, -0.15) is 0 Å². The monoisotopic (exact) mass is 299 g/mol. The molecule has 112 valence electrons. The zero-order valence-electron chi connectivity index (χ0n) is 12.0. The van der Waals surface area contributed by atoms with Crippen LogP contribution in [0.1, 0.15) is 27.2 Å². The third-order valence-electron chi connectivity index (χ3n) is 3.22. The maximum Gasteiger partial charge on any atom is 0.308 e. The number of para-hydroxylation sites is 1. The summed E-state index contributed by atoms with van der Waals surface area (Å²) >= 11 is 0.